The van der Waals surface area contributed by atoms with Crippen LogP contribution in [0.1, 0.15) is 0 Å². The van der Waals surface area contributed by atoms with Gasteiger partial charge in [0, 0.05) is 43.8 Å². The molecule has 1 fully saturated rings. The second-order valence-electron chi connectivity index (χ2n) is 7.95. The normalized spacial score (nSPS) is 14.1. The van der Waals surface area contributed by atoms with E-state index in [9.17, 15) is 9.59 Å². The number of hydrogen-bond donors (Lipinski definition) is 0. The first-order valence-corrected chi connectivity index (χ1v) is 12.7. The van der Waals surface area contributed by atoms with Gasteiger partial charge in [-0.05, 0) is 23.8 Å². The van der Waals surface area contributed by atoms with Crippen LogP contribution in [0.25, 0.3) is 20.7 Å². The highest BCUT2D eigenvalue weighted by molar-refractivity contribution is 7.99. The minimum absolute atomic E-state index is 0.0788. The van der Waals surface area contributed by atoms with E-state index in [2.05, 4.69) is 17.0 Å². The van der Waals surface area contributed by atoms with E-state index < -0.39 is 0 Å². The van der Waals surface area contributed by atoms with Crippen LogP contribution in [0.3, 0.4) is 0 Å². The Morgan fingerprint density at radius 3 is 2.36 bits per heavy atom. The lowest BCUT2D eigenvalue weighted by Crippen LogP contribution is -2.49. The maximum Gasteiger partial charge on any atom is 0.262 e. The van der Waals surface area contributed by atoms with Gasteiger partial charge in [-0.3, -0.25) is 14.2 Å². The highest BCUT2D eigenvalue weighted by Crippen LogP contribution is 2.32. The van der Waals surface area contributed by atoms with Crippen molar-refractivity contribution in [3.8, 4) is 10.4 Å². The zero-order valence-electron chi connectivity index (χ0n) is 18.3. The Balaban J connectivity index is 1.26. The Morgan fingerprint density at radius 2 is 1.67 bits per heavy atom. The average molecular weight is 477 g/mol. The molecule has 6 nitrogen and oxygen atoms in total. The van der Waals surface area contributed by atoms with Gasteiger partial charge in [-0.25, -0.2) is 4.98 Å². The van der Waals surface area contributed by atoms with Gasteiger partial charge in [-0.1, -0.05) is 60.3 Å². The van der Waals surface area contributed by atoms with Crippen LogP contribution < -0.4 is 10.5 Å². The topological polar surface area (TPSA) is 58.4 Å². The molecule has 0 aliphatic carbocycles. The lowest BCUT2D eigenvalue weighted by atomic mass is 10.2. The Hall–Kier alpha value is -3.10. The van der Waals surface area contributed by atoms with Crippen molar-refractivity contribution in [1.29, 1.82) is 0 Å². The van der Waals surface area contributed by atoms with Crippen LogP contribution in [-0.2, 0) is 11.8 Å². The predicted octanol–water partition coefficient (Wildman–Crippen LogP) is 4.10. The first-order valence-electron chi connectivity index (χ1n) is 10.9. The molecule has 0 saturated carbocycles. The number of piperazine rings is 1. The van der Waals surface area contributed by atoms with Crippen LogP contribution in [0.15, 0.2) is 76.7 Å². The summed E-state index contributed by atoms with van der Waals surface area (Å²) < 4.78 is 1.55. The molecule has 0 spiro atoms. The van der Waals surface area contributed by atoms with Crippen LogP contribution in [0.2, 0.25) is 0 Å². The number of rotatable bonds is 5. The molecule has 0 unspecified atom stereocenters. The number of thiophene rings is 1. The molecule has 2 aromatic heterocycles. The first-order chi connectivity index (χ1) is 16.1. The van der Waals surface area contributed by atoms with Crippen LogP contribution in [0.4, 0.5) is 5.69 Å². The summed E-state index contributed by atoms with van der Waals surface area (Å²) >= 11 is 2.84. The summed E-state index contributed by atoms with van der Waals surface area (Å²) in [6.45, 7) is 3.04. The standard InChI is InChI=1S/C25H24N4O2S2/c1-27-24(31)20-16-21(18-8-4-2-5-9-18)33-23(20)26-25(27)32-17-22(30)29-14-12-28(13-15-29)19-10-6-3-7-11-19/h2-11,16H,12-15,17H2,1H3. The van der Waals surface area contributed by atoms with Crippen molar-refractivity contribution in [2.45, 2.75) is 5.16 Å². The van der Waals surface area contributed by atoms with Crippen molar-refractivity contribution < 1.29 is 4.79 Å². The summed E-state index contributed by atoms with van der Waals surface area (Å²) in [5, 5.41) is 1.19. The summed E-state index contributed by atoms with van der Waals surface area (Å²) in [6.07, 6.45) is 0. The van der Waals surface area contributed by atoms with E-state index in [0.29, 0.717) is 28.5 Å². The molecule has 0 radical (unpaired) electrons. The number of thioether (sulfide) groups is 1. The van der Waals surface area contributed by atoms with E-state index in [1.54, 1.807) is 11.6 Å². The van der Waals surface area contributed by atoms with Gasteiger partial charge in [-0.15, -0.1) is 11.3 Å². The van der Waals surface area contributed by atoms with Crippen LogP contribution in [-0.4, -0.2) is 52.3 Å². The van der Waals surface area contributed by atoms with E-state index in [4.69, 9.17) is 4.98 Å². The molecule has 1 aliphatic heterocycles. The first kappa shape index (κ1) is 21.7. The number of aromatic nitrogens is 2. The van der Waals surface area contributed by atoms with Gasteiger partial charge in [0.15, 0.2) is 5.16 Å². The summed E-state index contributed by atoms with van der Waals surface area (Å²) in [4.78, 5) is 36.4. The molecule has 1 amide bonds. The number of fused-ring (bicyclic) bond motifs is 1. The van der Waals surface area contributed by atoms with Gasteiger partial charge >= 0.3 is 0 Å². The second kappa shape index (κ2) is 9.41. The van der Waals surface area contributed by atoms with Gasteiger partial charge in [0.25, 0.3) is 5.56 Å². The largest absolute Gasteiger partial charge is 0.368 e. The Kier molecular flexibility index (Phi) is 6.20. The highest BCUT2D eigenvalue weighted by Gasteiger charge is 2.22. The summed E-state index contributed by atoms with van der Waals surface area (Å²) in [6, 6.07) is 22.2. The Labute approximate surface area is 200 Å². The lowest BCUT2D eigenvalue weighted by Gasteiger charge is -2.36. The molecular formula is C25H24N4O2S2. The minimum Gasteiger partial charge on any atom is -0.368 e. The number of benzene rings is 2. The van der Waals surface area contributed by atoms with E-state index in [1.807, 2.05) is 59.5 Å². The SMILES string of the molecule is Cn1c(SCC(=O)N2CCN(c3ccccc3)CC2)nc2sc(-c3ccccc3)cc2c1=O. The van der Waals surface area contributed by atoms with Gasteiger partial charge in [-0.2, -0.15) is 0 Å². The fourth-order valence-corrected chi connectivity index (χ4v) is 5.94. The third-order valence-corrected chi connectivity index (χ3v) is 7.96. The molecular weight excluding hydrogens is 452 g/mol. The molecule has 0 bridgehead atoms. The fraction of sp³-hybridized carbons (Fsp3) is 0.240. The summed E-state index contributed by atoms with van der Waals surface area (Å²) in [7, 11) is 1.72. The van der Waals surface area contributed by atoms with Gasteiger partial charge in [0.2, 0.25) is 5.91 Å². The van der Waals surface area contributed by atoms with Gasteiger partial charge in [0.1, 0.15) is 4.83 Å². The maximum absolute atomic E-state index is 12.9. The smallest absolute Gasteiger partial charge is 0.262 e. The highest BCUT2D eigenvalue weighted by atomic mass is 32.2. The number of amides is 1. The van der Waals surface area contributed by atoms with Crippen molar-refractivity contribution in [2.24, 2.45) is 7.05 Å². The van der Waals surface area contributed by atoms with E-state index in [-0.39, 0.29) is 17.2 Å². The molecule has 3 heterocycles. The quantitative estimate of drug-likeness (QED) is 0.321. The summed E-state index contributed by atoms with van der Waals surface area (Å²) in [5.74, 6) is 0.354. The molecule has 2 aromatic carbocycles. The third-order valence-electron chi connectivity index (χ3n) is 5.87. The van der Waals surface area contributed by atoms with Crippen molar-refractivity contribution >= 4 is 44.9 Å². The number of nitrogens with zero attached hydrogens (tertiary/aromatic N) is 4. The molecule has 1 aliphatic rings. The van der Waals surface area contributed by atoms with E-state index >= 15 is 0 Å². The minimum atomic E-state index is -0.0788. The number of carbonyl (C=O) groups excluding carboxylic acids is 1. The maximum atomic E-state index is 12.9. The molecule has 5 rings (SSSR count). The fourth-order valence-electron chi connectivity index (χ4n) is 3.99. The Morgan fingerprint density at radius 1 is 1.00 bits per heavy atom. The van der Waals surface area contributed by atoms with E-state index in [1.165, 1.54) is 28.8 Å². The van der Waals surface area contributed by atoms with Gasteiger partial charge < -0.3 is 9.80 Å². The molecule has 0 atom stereocenters. The number of para-hydroxylation sites is 1. The molecule has 33 heavy (non-hydrogen) atoms. The predicted molar refractivity (Wildman–Crippen MR) is 136 cm³/mol. The van der Waals surface area contributed by atoms with E-state index in [0.717, 1.165) is 23.5 Å². The average Bonchev–Trinajstić information content (AvgIpc) is 3.31. The molecule has 8 heteroatoms. The van der Waals surface area contributed by atoms with Crippen molar-refractivity contribution in [3.63, 3.8) is 0 Å². The number of anilines is 1. The Bertz CT molecular complexity index is 1330. The second-order valence-corrected chi connectivity index (χ2v) is 9.92. The van der Waals surface area contributed by atoms with Crippen molar-refractivity contribution in [1.82, 2.24) is 14.5 Å². The van der Waals surface area contributed by atoms with Crippen LogP contribution in [0.5, 0.6) is 0 Å². The monoisotopic (exact) mass is 476 g/mol. The van der Waals surface area contributed by atoms with Crippen LogP contribution >= 0.6 is 23.1 Å². The third kappa shape index (κ3) is 4.54. The molecule has 0 N–H and O–H groups in total. The number of carbonyl (C=O) groups is 1. The van der Waals surface area contributed by atoms with Gasteiger partial charge in [0.05, 0.1) is 11.1 Å². The number of hydrogen-bond acceptors (Lipinski definition) is 6. The molecule has 4 aromatic rings. The van der Waals surface area contributed by atoms with Crippen LogP contribution in [0, 0.1) is 0 Å². The molecule has 1 saturated heterocycles. The summed E-state index contributed by atoms with van der Waals surface area (Å²) in [5.41, 5.74) is 2.18. The lowest BCUT2D eigenvalue weighted by molar-refractivity contribution is -0.128. The zero-order valence-corrected chi connectivity index (χ0v) is 19.9. The molecule has 168 valence electrons. The zero-order chi connectivity index (χ0) is 22.8. The van der Waals surface area contributed by atoms with Crippen molar-refractivity contribution in [2.75, 3.05) is 36.8 Å². The van der Waals surface area contributed by atoms with Crippen molar-refractivity contribution in [3.05, 3.63) is 77.1 Å².